The number of likely N-dealkylation sites (tertiary alicyclic amines) is 1. The SMILES string of the molecule is N#CC1(NC(=O)CN2CCC[C@H]2c2ccc3c(c2)OCCCO3)CCCCC1. The normalized spacial score (nSPS) is 24.2. The van der Waals surface area contributed by atoms with Gasteiger partial charge in [0.05, 0.1) is 25.8 Å². The Morgan fingerprint density at radius 1 is 1.14 bits per heavy atom. The largest absolute Gasteiger partial charge is 0.490 e. The number of rotatable bonds is 4. The Hall–Kier alpha value is -2.26. The third-order valence-corrected chi connectivity index (χ3v) is 6.17. The molecule has 0 radical (unpaired) electrons. The summed E-state index contributed by atoms with van der Waals surface area (Å²) in [4.78, 5) is 15.0. The first kappa shape index (κ1) is 19.1. The number of nitriles is 1. The number of hydrogen-bond acceptors (Lipinski definition) is 5. The van der Waals surface area contributed by atoms with Gasteiger partial charge in [0, 0.05) is 12.5 Å². The number of nitrogens with zero attached hydrogens (tertiary/aromatic N) is 2. The molecule has 2 fully saturated rings. The summed E-state index contributed by atoms with van der Waals surface area (Å²) in [7, 11) is 0. The molecule has 1 N–H and O–H groups in total. The van der Waals surface area contributed by atoms with E-state index in [-0.39, 0.29) is 11.9 Å². The van der Waals surface area contributed by atoms with E-state index in [1.165, 1.54) is 5.56 Å². The molecule has 1 saturated carbocycles. The summed E-state index contributed by atoms with van der Waals surface area (Å²) in [5.41, 5.74) is 0.502. The third-order valence-electron chi connectivity index (χ3n) is 6.17. The van der Waals surface area contributed by atoms with E-state index in [1.807, 2.05) is 6.07 Å². The Balaban J connectivity index is 1.43. The van der Waals surface area contributed by atoms with E-state index in [0.717, 1.165) is 69.4 Å². The highest BCUT2D eigenvalue weighted by Crippen LogP contribution is 2.37. The van der Waals surface area contributed by atoms with E-state index < -0.39 is 5.54 Å². The van der Waals surface area contributed by atoms with Crippen molar-refractivity contribution in [1.82, 2.24) is 10.2 Å². The van der Waals surface area contributed by atoms with Crippen LogP contribution in [-0.2, 0) is 4.79 Å². The van der Waals surface area contributed by atoms with Crippen molar-refractivity contribution in [2.24, 2.45) is 0 Å². The summed E-state index contributed by atoms with van der Waals surface area (Å²) in [5.74, 6) is 1.57. The standard InChI is InChI=1S/C22H29N3O3/c23-16-22(9-2-1-3-10-22)24-21(26)15-25-11-4-6-18(25)17-7-8-19-20(14-17)28-13-5-12-27-19/h7-8,14,18H,1-6,9-13,15H2,(H,24,26)/t18-/m0/s1. The lowest BCUT2D eigenvalue weighted by molar-refractivity contribution is -0.124. The van der Waals surface area contributed by atoms with Gasteiger partial charge in [-0.05, 0) is 49.9 Å². The number of amides is 1. The first-order chi connectivity index (χ1) is 13.7. The zero-order chi connectivity index (χ0) is 19.4. The maximum atomic E-state index is 12.7. The molecule has 28 heavy (non-hydrogen) atoms. The molecule has 1 atom stereocenters. The molecule has 0 bridgehead atoms. The van der Waals surface area contributed by atoms with E-state index >= 15 is 0 Å². The molecular weight excluding hydrogens is 354 g/mol. The van der Waals surface area contributed by atoms with Gasteiger partial charge < -0.3 is 14.8 Å². The van der Waals surface area contributed by atoms with Crippen molar-refractivity contribution in [2.75, 3.05) is 26.3 Å². The Bertz CT molecular complexity index is 752. The molecule has 150 valence electrons. The molecular formula is C22H29N3O3. The number of hydrogen-bond donors (Lipinski definition) is 1. The summed E-state index contributed by atoms with van der Waals surface area (Å²) in [6.45, 7) is 2.58. The molecule has 1 aromatic rings. The van der Waals surface area contributed by atoms with Crippen LogP contribution in [0.3, 0.4) is 0 Å². The van der Waals surface area contributed by atoms with E-state index in [2.05, 4.69) is 28.4 Å². The lowest BCUT2D eigenvalue weighted by Gasteiger charge is -2.33. The number of carbonyl (C=O) groups is 1. The van der Waals surface area contributed by atoms with Crippen LogP contribution in [0.2, 0.25) is 0 Å². The Kier molecular flexibility index (Phi) is 5.72. The fourth-order valence-corrected chi connectivity index (χ4v) is 4.69. The van der Waals surface area contributed by atoms with E-state index in [9.17, 15) is 10.1 Å². The van der Waals surface area contributed by atoms with Crippen LogP contribution in [0, 0.1) is 11.3 Å². The zero-order valence-corrected chi connectivity index (χ0v) is 16.4. The molecule has 0 spiro atoms. The van der Waals surface area contributed by atoms with Crippen molar-refractivity contribution in [1.29, 1.82) is 5.26 Å². The van der Waals surface area contributed by atoms with Crippen LogP contribution in [0.25, 0.3) is 0 Å². The molecule has 2 aliphatic heterocycles. The fraction of sp³-hybridized carbons (Fsp3) is 0.636. The molecule has 1 saturated heterocycles. The van der Waals surface area contributed by atoms with Crippen LogP contribution in [0.1, 0.15) is 63.0 Å². The number of fused-ring (bicyclic) bond motifs is 1. The Morgan fingerprint density at radius 3 is 2.71 bits per heavy atom. The number of nitrogens with one attached hydrogen (secondary N) is 1. The van der Waals surface area contributed by atoms with E-state index in [4.69, 9.17) is 9.47 Å². The van der Waals surface area contributed by atoms with Crippen molar-refractivity contribution in [3.05, 3.63) is 23.8 Å². The molecule has 3 aliphatic rings. The van der Waals surface area contributed by atoms with Crippen molar-refractivity contribution in [3.63, 3.8) is 0 Å². The monoisotopic (exact) mass is 383 g/mol. The van der Waals surface area contributed by atoms with Gasteiger partial charge in [-0.2, -0.15) is 5.26 Å². The molecule has 4 rings (SSSR count). The van der Waals surface area contributed by atoms with Crippen LogP contribution in [-0.4, -0.2) is 42.6 Å². The second-order valence-electron chi connectivity index (χ2n) is 8.19. The molecule has 6 nitrogen and oxygen atoms in total. The van der Waals surface area contributed by atoms with Crippen LogP contribution >= 0.6 is 0 Å². The van der Waals surface area contributed by atoms with Gasteiger partial charge >= 0.3 is 0 Å². The summed E-state index contributed by atoms with van der Waals surface area (Å²) >= 11 is 0. The fourth-order valence-electron chi connectivity index (χ4n) is 4.69. The Morgan fingerprint density at radius 2 is 1.93 bits per heavy atom. The van der Waals surface area contributed by atoms with Crippen molar-refractivity contribution >= 4 is 5.91 Å². The highest BCUT2D eigenvalue weighted by atomic mass is 16.5. The van der Waals surface area contributed by atoms with E-state index in [1.54, 1.807) is 0 Å². The predicted octanol–water partition coefficient (Wildman–Crippen LogP) is 3.33. The minimum atomic E-state index is -0.667. The van der Waals surface area contributed by atoms with Gasteiger partial charge in [0.1, 0.15) is 5.54 Å². The molecule has 0 unspecified atom stereocenters. The smallest absolute Gasteiger partial charge is 0.235 e. The minimum Gasteiger partial charge on any atom is -0.490 e. The highest BCUT2D eigenvalue weighted by Gasteiger charge is 2.35. The van der Waals surface area contributed by atoms with Crippen LogP contribution in [0.4, 0.5) is 0 Å². The molecule has 2 heterocycles. The van der Waals surface area contributed by atoms with Gasteiger partial charge in [0.2, 0.25) is 5.91 Å². The minimum absolute atomic E-state index is 0.0373. The van der Waals surface area contributed by atoms with Crippen LogP contribution in [0.15, 0.2) is 18.2 Å². The third kappa shape index (κ3) is 4.10. The number of carbonyl (C=O) groups excluding carboxylic acids is 1. The number of ether oxygens (including phenoxy) is 2. The van der Waals surface area contributed by atoms with Crippen LogP contribution < -0.4 is 14.8 Å². The summed E-state index contributed by atoms with van der Waals surface area (Å²) < 4.78 is 11.6. The predicted molar refractivity (Wildman–Crippen MR) is 105 cm³/mol. The van der Waals surface area contributed by atoms with Gasteiger partial charge in [0.25, 0.3) is 0 Å². The number of benzene rings is 1. The molecule has 1 aromatic carbocycles. The van der Waals surface area contributed by atoms with Gasteiger partial charge in [-0.15, -0.1) is 0 Å². The summed E-state index contributed by atoms with van der Waals surface area (Å²) in [6, 6.07) is 8.72. The summed E-state index contributed by atoms with van der Waals surface area (Å²) in [5, 5.41) is 12.7. The quantitative estimate of drug-likeness (QED) is 0.863. The highest BCUT2D eigenvalue weighted by molar-refractivity contribution is 5.79. The lowest BCUT2D eigenvalue weighted by Crippen LogP contribution is -2.51. The van der Waals surface area contributed by atoms with Gasteiger partial charge in [-0.25, -0.2) is 0 Å². The van der Waals surface area contributed by atoms with Gasteiger partial charge in [0.15, 0.2) is 11.5 Å². The maximum Gasteiger partial charge on any atom is 0.235 e. The van der Waals surface area contributed by atoms with Crippen molar-refractivity contribution in [3.8, 4) is 17.6 Å². The van der Waals surface area contributed by atoms with Gasteiger partial charge in [-0.3, -0.25) is 9.69 Å². The molecule has 0 aromatic heterocycles. The topological polar surface area (TPSA) is 74.6 Å². The average molecular weight is 383 g/mol. The molecule has 1 aliphatic carbocycles. The zero-order valence-electron chi connectivity index (χ0n) is 16.4. The molecule has 6 heteroatoms. The van der Waals surface area contributed by atoms with Crippen molar-refractivity contribution < 1.29 is 14.3 Å². The van der Waals surface area contributed by atoms with E-state index in [0.29, 0.717) is 19.8 Å². The second kappa shape index (κ2) is 8.40. The first-order valence-corrected chi connectivity index (χ1v) is 10.5. The second-order valence-corrected chi connectivity index (χ2v) is 8.19. The average Bonchev–Trinajstić information content (AvgIpc) is 3.03. The first-order valence-electron chi connectivity index (χ1n) is 10.5. The van der Waals surface area contributed by atoms with Gasteiger partial charge in [-0.1, -0.05) is 25.3 Å². The molecule has 1 amide bonds. The maximum absolute atomic E-state index is 12.7. The Labute approximate surface area is 166 Å². The summed E-state index contributed by atoms with van der Waals surface area (Å²) in [6.07, 6.45) is 7.68. The van der Waals surface area contributed by atoms with Crippen LogP contribution in [0.5, 0.6) is 11.5 Å². The lowest BCUT2D eigenvalue weighted by atomic mass is 9.83. The van der Waals surface area contributed by atoms with Crippen molar-refractivity contribution in [2.45, 2.75) is 62.9 Å².